The molecule has 2 N–H and O–H groups in total. The monoisotopic (exact) mass is 378 g/mol. The summed E-state index contributed by atoms with van der Waals surface area (Å²) in [6.07, 6.45) is -1.22. The number of hydrogen-bond donors (Lipinski definition) is 2. The summed E-state index contributed by atoms with van der Waals surface area (Å²) in [5, 5.41) is 23.2. The van der Waals surface area contributed by atoms with Gasteiger partial charge in [-0.2, -0.15) is 0 Å². The Bertz CT molecular complexity index is 884. The normalized spacial score (nSPS) is 11.5. The van der Waals surface area contributed by atoms with E-state index in [1.165, 1.54) is 25.1 Å². The molecule has 9 heteroatoms. The van der Waals surface area contributed by atoms with Crippen LogP contribution in [0, 0.1) is 17.0 Å². The van der Waals surface area contributed by atoms with Gasteiger partial charge in [0, 0.05) is 12.1 Å². The number of phenolic OH excluding ortho intramolecular Hbond substituents is 1. The van der Waals surface area contributed by atoms with Gasteiger partial charge in [-0.15, -0.1) is 0 Å². The first-order valence-electron chi connectivity index (χ1n) is 7.45. The van der Waals surface area contributed by atoms with Crippen LogP contribution in [0.4, 0.5) is 11.4 Å². The van der Waals surface area contributed by atoms with E-state index in [0.717, 1.165) is 6.07 Å². The number of carbonyl (C=O) groups is 2. The molecule has 2 aromatic carbocycles. The molecule has 26 heavy (non-hydrogen) atoms. The smallest absolute Gasteiger partial charge is 0.342 e. The highest BCUT2D eigenvalue weighted by Crippen LogP contribution is 2.27. The molecule has 0 spiro atoms. The zero-order valence-electron chi connectivity index (χ0n) is 13.9. The first-order chi connectivity index (χ1) is 12.2. The topological polar surface area (TPSA) is 119 Å². The quantitative estimate of drug-likeness (QED) is 0.467. The van der Waals surface area contributed by atoms with Crippen molar-refractivity contribution in [3.05, 3.63) is 62.7 Å². The van der Waals surface area contributed by atoms with Gasteiger partial charge in [0.25, 0.3) is 11.6 Å². The lowest BCUT2D eigenvalue weighted by Crippen LogP contribution is -2.30. The van der Waals surface area contributed by atoms with Gasteiger partial charge in [-0.05, 0) is 31.5 Å². The lowest BCUT2D eigenvalue weighted by molar-refractivity contribution is -0.384. The predicted molar refractivity (Wildman–Crippen MR) is 94.5 cm³/mol. The summed E-state index contributed by atoms with van der Waals surface area (Å²) in [6, 6.07) is 8.12. The third-order valence-electron chi connectivity index (χ3n) is 3.53. The maximum absolute atomic E-state index is 12.2. The van der Waals surface area contributed by atoms with Gasteiger partial charge in [0.2, 0.25) is 0 Å². The average molecular weight is 379 g/mol. The van der Waals surface area contributed by atoms with Crippen molar-refractivity contribution in [1.29, 1.82) is 0 Å². The van der Waals surface area contributed by atoms with E-state index in [9.17, 15) is 24.8 Å². The number of para-hydroxylation sites is 1. The second-order valence-electron chi connectivity index (χ2n) is 5.43. The average Bonchev–Trinajstić information content (AvgIpc) is 2.58. The zero-order chi connectivity index (χ0) is 19.4. The number of nitro groups is 1. The Morgan fingerprint density at radius 3 is 2.65 bits per heavy atom. The first-order valence-corrected chi connectivity index (χ1v) is 7.83. The summed E-state index contributed by atoms with van der Waals surface area (Å²) in [5.41, 5.74) is 0.184. The van der Waals surface area contributed by atoms with Crippen LogP contribution >= 0.6 is 11.6 Å². The summed E-state index contributed by atoms with van der Waals surface area (Å²) < 4.78 is 5.04. The first kappa shape index (κ1) is 19.2. The van der Waals surface area contributed by atoms with Crippen LogP contribution in [0.2, 0.25) is 5.02 Å². The number of aromatic hydroxyl groups is 1. The number of anilines is 1. The number of aryl methyl sites for hydroxylation is 1. The van der Waals surface area contributed by atoms with Crippen LogP contribution in [-0.4, -0.2) is 28.0 Å². The number of amides is 1. The number of rotatable bonds is 5. The highest BCUT2D eigenvalue weighted by molar-refractivity contribution is 6.33. The Morgan fingerprint density at radius 2 is 2.00 bits per heavy atom. The third kappa shape index (κ3) is 4.28. The Hall–Kier alpha value is -3.13. The van der Waals surface area contributed by atoms with E-state index in [4.69, 9.17) is 16.3 Å². The summed E-state index contributed by atoms with van der Waals surface area (Å²) in [6.45, 7) is 2.94. The van der Waals surface area contributed by atoms with Gasteiger partial charge in [0.1, 0.15) is 11.3 Å². The Balaban J connectivity index is 2.10. The third-order valence-corrected chi connectivity index (χ3v) is 3.86. The van der Waals surface area contributed by atoms with Gasteiger partial charge in [-0.25, -0.2) is 4.79 Å². The van der Waals surface area contributed by atoms with Crippen molar-refractivity contribution >= 4 is 34.9 Å². The standard InChI is InChI=1S/C17H15ClN2O6/c1-9-4-3-5-12(15(9)21)17(23)26-10(2)16(22)19-14-8-11(20(24)25)6-7-13(14)18/h3-8,10,21H,1-2H3,(H,19,22). The van der Waals surface area contributed by atoms with Crippen molar-refractivity contribution in [2.75, 3.05) is 5.32 Å². The molecule has 2 rings (SSSR count). The molecule has 0 radical (unpaired) electrons. The zero-order valence-corrected chi connectivity index (χ0v) is 14.6. The van der Waals surface area contributed by atoms with Crippen LogP contribution in [0.15, 0.2) is 36.4 Å². The minimum absolute atomic E-state index is 0.0205. The summed E-state index contributed by atoms with van der Waals surface area (Å²) in [7, 11) is 0. The number of non-ortho nitro benzene ring substituents is 1. The van der Waals surface area contributed by atoms with Gasteiger partial charge < -0.3 is 15.2 Å². The van der Waals surface area contributed by atoms with Gasteiger partial charge in [0.15, 0.2) is 6.10 Å². The molecule has 2 aromatic rings. The van der Waals surface area contributed by atoms with Crippen LogP contribution in [0.25, 0.3) is 0 Å². The number of nitrogens with zero attached hydrogens (tertiary/aromatic N) is 1. The van der Waals surface area contributed by atoms with E-state index >= 15 is 0 Å². The molecule has 0 aromatic heterocycles. The molecule has 1 atom stereocenters. The number of hydrogen-bond acceptors (Lipinski definition) is 6. The molecule has 0 saturated heterocycles. The van der Waals surface area contributed by atoms with Crippen LogP contribution in [-0.2, 0) is 9.53 Å². The summed E-state index contributed by atoms with van der Waals surface area (Å²) in [5.74, 6) is -1.83. The minimum Gasteiger partial charge on any atom is -0.507 e. The molecule has 0 aliphatic rings. The fourth-order valence-corrected chi connectivity index (χ4v) is 2.22. The molecule has 0 bridgehead atoms. The largest absolute Gasteiger partial charge is 0.507 e. The summed E-state index contributed by atoms with van der Waals surface area (Å²) >= 11 is 5.91. The van der Waals surface area contributed by atoms with E-state index in [0.29, 0.717) is 5.56 Å². The molecule has 0 aliphatic carbocycles. The molecule has 136 valence electrons. The maximum Gasteiger partial charge on any atom is 0.342 e. The molecule has 0 saturated carbocycles. The van der Waals surface area contributed by atoms with Gasteiger partial charge >= 0.3 is 5.97 Å². The van der Waals surface area contributed by atoms with Crippen LogP contribution in [0.3, 0.4) is 0 Å². The highest BCUT2D eigenvalue weighted by Gasteiger charge is 2.22. The van der Waals surface area contributed by atoms with Gasteiger partial charge in [-0.3, -0.25) is 14.9 Å². The maximum atomic E-state index is 12.2. The van der Waals surface area contributed by atoms with E-state index in [-0.39, 0.29) is 27.7 Å². The highest BCUT2D eigenvalue weighted by atomic mass is 35.5. The molecular formula is C17H15ClN2O6. The Morgan fingerprint density at radius 1 is 1.31 bits per heavy atom. The number of carbonyl (C=O) groups excluding carboxylic acids is 2. The van der Waals surface area contributed by atoms with E-state index in [1.807, 2.05) is 0 Å². The number of halogens is 1. The Labute approximate surface area is 153 Å². The van der Waals surface area contributed by atoms with Crippen molar-refractivity contribution in [2.24, 2.45) is 0 Å². The number of benzene rings is 2. The fourth-order valence-electron chi connectivity index (χ4n) is 2.06. The molecule has 0 aliphatic heterocycles. The number of nitrogens with one attached hydrogen (secondary N) is 1. The van der Waals surface area contributed by atoms with Gasteiger partial charge in [0.05, 0.1) is 15.6 Å². The molecule has 0 fully saturated rings. The second-order valence-corrected chi connectivity index (χ2v) is 5.84. The fraction of sp³-hybridized carbons (Fsp3) is 0.176. The predicted octanol–water partition coefficient (Wildman–Crippen LogP) is 3.45. The van der Waals surface area contributed by atoms with E-state index in [1.54, 1.807) is 19.1 Å². The van der Waals surface area contributed by atoms with Crippen LogP contribution < -0.4 is 5.32 Å². The molecule has 1 unspecified atom stereocenters. The number of ether oxygens (including phenoxy) is 1. The SMILES string of the molecule is Cc1cccc(C(=O)OC(C)C(=O)Nc2cc([N+](=O)[O-])ccc2Cl)c1O. The molecule has 1 amide bonds. The Kier molecular flexibility index (Phi) is 5.78. The molecule has 8 nitrogen and oxygen atoms in total. The van der Waals surface area contributed by atoms with Crippen LogP contribution in [0.1, 0.15) is 22.8 Å². The van der Waals surface area contributed by atoms with E-state index in [2.05, 4.69) is 5.32 Å². The van der Waals surface area contributed by atoms with Gasteiger partial charge in [-0.1, -0.05) is 23.7 Å². The lowest BCUT2D eigenvalue weighted by Gasteiger charge is -2.15. The molecular weight excluding hydrogens is 364 g/mol. The minimum atomic E-state index is -1.22. The number of phenols is 1. The van der Waals surface area contributed by atoms with Crippen molar-refractivity contribution in [1.82, 2.24) is 0 Å². The number of nitro benzene ring substituents is 1. The molecule has 0 heterocycles. The van der Waals surface area contributed by atoms with E-state index < -0.39 is 22.9 Å². The van der Waals surface area contributed by atoms with Crippen LogP contribution in [0.5, 0.6) is 5.75 Å². The van der Waals surface area contributed by atoms with Crippen molar-refractivity contribution in [2.45, 2.75) is 20.0 Å². The number of esters is 1. The second kappa shape index (κ2) is 7.83. The lowest BCUT2D eigenvalue weighted by atomic mass is 10.1. The van der Waals surface area contributed by atoms with Crippen molar-refractivity contribution < 1.29 is 24.4 Å². The summed E-state index contributed by atoms with van der Waals surface area (Å²) in [4.78, 5) is 34.5. The van der Waals surface area contributed by atoms with Crippen molar-refractivity contribution in [3.8, 4) is 5.75 Å². The van der Waals surface area contributed by atoms with Crippen molar-refractivity contribution in [3.63, 3.8) is 0 Å².